The summed E-state index contributed by atoms with van der Waals surface area (Å²) in [7, 11) is 1.29. The second kappa shape index (κ2) is 7.86. The molecule has 0 aliphatic rings. The molecule has 1 amide bonds. The monoisotopic (exact) mass is 345 g/mol. The van der Waals surface area contributed by atoms with Gasteiger partial charge in [0.25, 0.3) is 5.91 Å². The maximum atomic E-state index is 11.9. The van der Waals surface area contributed by atoms with E-state index in [1.54, 1.807) is 19.1 Å². The van der Waals surface area contributed by atoms with Gasteiger partial charge in [-0.15, -0.1) is 0 Å². The molecule has 9 heteroatoms. The molecule has 0 radical (unpaired) electrons. The molecular formula is C16H15N3O6. The Morgan fingerprint density at radius 2 is 2.08 bits per heavy atom. The topological polar surface area (TPSA) is 121 Å². The molecule has 0 aliphatic carbocycles. The summed E-state index contributed by atoms with van der Waals surface area (Å²) in [5, 5.41) is 13.5. The van der Waals surface area contributed by atoms with Crippen molar-refractivity contribution in [3.05, 3.63) is 57.9 Å². The smallest absolute Gasteiger partial charge is 0.357 e. The number of rotatable bonds is 6. The Morgan fingerprint density at radius 3 is 2.68 bits per heavy atom. The Bertz CT molecular complexity index is 807. The van der Waals surface area contributed by atoms with Crippen molar-refractivity contribution in [3.8, 4) is 5.75 Å². The van der Waals surface area contributed by atoms with E-state index in [-0.39, 0.29) is 17.1 Å². The maximum Gasteiger partial charge on any atom is 0.357 e. The molecule has 0 fully saturated rings. The molecule has 9 nitrogen and oxygen atoms in total. The summed E-state index contributed by atoms with van der Waals surface area (Å²) in [6, 6.07) is 7.36. The Morgan fingerprint density at radius 1 is 1.32 bits per heavy atom. The highest BCUT2D eigenvalue weighted by Gasteiger charge is 2.19. The largest absolute Gasteiger partial charge is 0.490 e. The van der Waals surface area contributed by atoms with Gasteiger partial charge in [0.1, 0.15) is 5.69 Å². The fraction of sp³-hybridized carbons (Fsp3) is 0.188. The lowest BCUT2D eigenvalue weighted by molar-refractivity contribution is -0.385. The highest BCUT2D eigenvalue weighted by atomic mass is 16.6. The van der Waals surface area contributed by atoms with Gasteiger partial charge in [0, 0.05) is 24.0 Å². The van der Waals surface area contributed by atoms with Crippen LogP contribution in [0.2, 0.25) is 0 Å². The average Bonchev–Trinajstić information content (AvgIpc) is 2.61. The van der Waals surface area contributed by atoms with E-state index in [0.29, 0.717) is 11.3 Å². The third kappa shape index (κ3) is 4.50. The summed E-state index contributed by atoms with van der Waals surface area (Å²) in [5.74, 6) is -1.31. The number of aryl methyl sites for hydroxylation is 1. The maximum absolute atomic E-state index is 11.9. The van der Waals surface area contributed by atoms with Crippen molar-refractivity contribution < 1.29 is 24.0 Å². The number of hydrogen-bond donors (Lipinski definition) is 1. The molecule has 0 saturated carbocycles. The van der Waals surface area contributed by atoms with Crippen LogP contribution in [-0.4, -0.2) is 35.5 Å². The van der Waals surface area contributed by atoms with Crippen LogP contribution >= 0.6 is 0 Å². The van der Waals surface area contributed by atoms with Crippen LogP contribution in [0.4, 0.5) is 11.4 Å². The summed E-state index contributed by atoms with van der Waals surface area (Å²) in [4.78, 5) is 37.9. The molecule has 2 aromatic rings. The van der Waals surface area contributed by atoms with Gasteiger partial charge in [-0.05, 0) is 24.6 Å². The summed E-state index contributed by atoms with van der Waals surface area (Å²) < 4.78 is 9.82. The lowest BCUT2D eigenvalue weighted by Crippen LogP contribution is -2.21. The van der Waals surface area contributed by atoms with E-state index in [1.807, 2.05) is 0 Å². The quantitative estimate of drug-likeness (QED) is 0.483. The molecule has 2 rings (SSSR count). The van der Waals surface area contributed by atoms with Crippen LogP contribution in [0, 0.1) is 17.0 Å². The van der Waals surface area contributed by atoms with Crippen molar-refractivity contribution in [2.75, 3.05) is 19.0 Å². The second-order valence-electron chi connectivity index (χ2n) is 4.94. The van der Waals surface area contributed by atoms with Gasteiger partial charge in [0.15, 0.2) is 12.4 Å². The zero-order chi connectivity index (χ0) is 18.4. The number of nitro groups is 1. The fourth-order valence-electron chi connectivity index (χ4n) is 1.99. The summed E-state index contributed by atoms with van der Waals surface area (Å²) in [6.07, 6.45) is 1.43. The molecule has 0 bridgehead atoms. The number of hydrogen-bond acceptors (Lipinski definition) is 7. The van der Waals surface area contributed by atoms with Crippen molar-refractivity contribution in [1.82, 2.24) is 4.98 Å². The van der Waals surface area contributed by atoms with E-state index < -0.39 is 23.4 Å². The molecule has 130 valence electrons. The number of nitro benzene ring substituents is 1. The van der Waals surface area contributed by atoms with E-state index in [0.717, 1.165) is 0 Å². The third-order valence-electron chi connectivity index (χ3n) is 3.21. The Labute approximate surface area is 142 Å². The standard InChI is InChI=1S/C16H15N3O6/c1-10-7-13(19(22)23)14(24-2)8-12(10)18-15(20)9-25-16(21)11-5-3-4-6-17-11/h3-8H,9H2,1-2H3,(H,18,20). The van der Waals surface area contributed by atoms with Crippen LogP contribution in [0.5, 0.6) is 5.75 Å². The SMILES string of the molecule is COc1cc(NC(=O)COC(=O)c2ccccn2)c(C)cc1[N+](=O)[O-]. The molecule has 0 unspecified atom stereocenters. The number of benzene rings is 1. The lowest BCUT2D eigenvalue weighted by atomic mass is 10.1. The zero-order valence-corrected chi connectivity index (χ0v) is 13.5. The normalized spacial score (nSPS) is 10.0. The summed E-state index contributed by atoms with van der Waals surface area (Å²) >= 11 is 0. The van der Waals surface area contributed by atoms with Gasteiger partial charge in [0.2, 0.25) is 0 Å². The number of nitrogens with zero attached hydrogens (tertiary/aromatic N) is 2. The predicted octanol–water partition coefficient (Wildman–Crippen LogP) is 2.10. The second-order valence-corrected chi connectivity index (χ2v) is 4.94. The number of esters is 1. The number of carbonyl (C=O) groups is 2. The molecule has 0 atom stereocenters. The van der Waals surface area contributed by atoms with E-state index in [4.69, 9.17) is 9.47 Å². The van der Waals surface area contributed by atoms with Crippen molar-refractivity contribution in [2.24, 2.45) is 0 Å². The number of pyridine rings is 1. The first-order valence-electron chi connectivity index (χ1n) is 7.13. The van der Waals surface area contributed by atoms with Crippen LogP contribution in [0.15, 0.2) is 36.5 Å². The van der Waals surface area contributed by atoms with Gasteiger partial charge in [0.05, 0.1) is 12.0 Å². The molecule has 0 saturated heterocycles. The van der Waals surface area contributed by atoms with Gasteiger partial charge in [-0.3, -0.25) is 14.9 Å². The summed E-state index contributed by atoms with van der Waals surface area (Å²) in [6.45, 7) is 1.08. The van der Waals surface area contributed by atoms with Crippen LogP contribution in [-0.2, 0) is 9.53 Å². The minimum absolute atomic E-state index is 0.0105. The lowest BCUT2D eigenvalue weighted by Gasteiger charge is -2.11. The average molecular weight is 345 g/mol. The molecular weight excluding hydrogens is 330 g/mol. The van der Waals surface area contributed by atoms with E-state index in [9.17, 15) is 19.7 Å². The minimum Gasteiger partial charge on any atom is -0.490 e. The number of carbonyl (C=O) groups excluding carboxylic acids is 2. The predicted molar refractivity (Wildman–Crippen MR) is 87.5 cm³/mol. The first kappa shape index (κ1) is 17.9. The van der Waals surface area contributed by atoms with Crippen molar-refractivity contribution in [2.45, 2.75) is 6.92 Å². The van der Waals surface area contributed by atoms with Gasteiger partial charge < -0.3 is 14.8 Å². The number of methoxy groups -OCH3 is 1. The van der Waals surface area contributed by atoms with Crippen LogP contribution < -0.4 is 10.1 Å². The number of aromatic nitrogens is 1. The van der Waals surface area contributed by atoms with E-state index >= 15 is 0 Å². The minimum atomic E-state index is -0.728. The molecule has 1 N–H and O–H groups in total. The molecule has 1 aromatic carbocycles. The van der Waals surface area contributed by atoms with Crippen LogP contribution in [0.3, 0.4) is 0 Å². The Hall–Kier alpha value is -3.49. The zero-order valence-electron chi connectivity index (χ0n) is 13.5. The van der Waals surface area contributed by atoms with E-state index in [1.165, 1.54) is 31.5 Å². The number of ether oxygens (including phenoxy) is 2. The molecule has 0 aliphatic heterocycles. The van der Waals surface area contributed by atoms with Gasteiger partial charge in [-0.25, -0.2) is 9.78 Å². The van der Waals surface area contributed by atoms with Crippen molar-refractivity contribution in [1.29, 1.82) is 0 Å². The van der Waals surface area contributed by atoms with Crippen molar-refractivity contribution in [3.63, 3.8) is 0 Å². The van der Waals surface area contributed by atoms with Gasteiger partial charge in [-0.2, -0.15) is 0 Å². The third-order valence-corrected chi connectivity index (χ3v) is 3.21. The Balaban J connectivity index is 2.03. The molecule has 1 aromatic heterocycles. The van der Waals surface area contributed by atoms with Crippen LogP contribution in [0.25, 0.3) is 0 Å². The van der Waals surface area contributed by atoms with Gasteiger partial charge >= 0.3 is 11.7 Å². The first-order chi connectivity index (χ1) is 11.9. The molecule has 0 spiro atoms. The highest BCUT2D eigenvalue weighted by Crippen LogP contribution is 2.32. The number of anilines is 1. The van der Waals surface area contributed by atoms with Crippen LogP contribution in [0.1, 0.15) is 16.1 Å². The molecule has 1 heterocycles. The summed E-state index contributed by atoms with van der Waals surface area (Å²) in [5.41, 5.74) is 0.668. The van der Waals surface area contributed by atoms with Crippen molar-refractivity contribution >= 4 is 23.3 Å². The first-order valence-corrected chi connectivity index (χ1v) is 7.13. The molecule has 25 heavy (non-hydrogen) atoms. The highest BCUT2D eigenvalue weighted by molar-refractivity contribution is 5.95. The van der Waals surface area contributed by atoms with E-state index in [2.05, 4.69) is 10.3 Å². The number of nitrogens with one attached hydrogen (secondary N) is 1. The Kier molecular flexibility index (Phi) is 5.62. The fourth-order valence-corrected chi connectivity index (χ4v) is 1.99. The number of amides is 1. The van der Waals surface area contributed by atoms with Gasteiger partial charge in [-0.1, -0.05) is 6.07 Å².